The van der Waals surface area contributed by atoms with E-state index in [-0.39, 0.29) is 0 Å². The third-order valence-electron chi connectivity index (χ3n) is 11.2. The van der Waals surface area contributed by atoms with Crippen LogP contribution in [0.25, 0.3) is 0 Å². The third kappa shape index (κ3) is 37.0. The van der Waals surface area contributed by atoms with Gasteiger partial charge < -0.3 is 4.90 Å². The Morgan fingerprint density at radius 3 is 1.08 bits per heavy atom. The van der Waals surface area contributed by atoms with E-state index < -0.39 is 0 Å². The fourth-order valence-electron chi connectivity index (χ4n) is 7.76. The smallest absolute Gasteiger partial charge is 0.00187 e. The van der Waals surface area contributed by atoms with Gasteiger partial charge in [-0.3, -0.25) is 0 Å². The molecule has 0 fully saturated rings. The van der Waals surface area contributed by atoms with Crippen LogP contribution in [-0.4, -0.2) is 24.5 Å². The lowest BCUT2D eigenvalue weighted by Crippen LogP contribution is -2.27. The SMILES string of the molecule is C=C(CCCCCCCCCC)CCCCCCCN(CCCC)CCCCCC(=C)CC(CCCCCCCC)CCCCCCCC. The molecule has 0 aliphatic carbocycles. The molecule has 0 spiro atoms. The van der Waals surface area contributed by atoms with Crippen molar-refractivity contribution >= 4 is 0 Å². The lowest BCUT2D eigenvalue weighted by atomic mass is 9.87. The number of rotatable bonds is 42. The molecule has 0 saturated heterocycles. The van der Waals surface area contributed by atoms with Gasteiger partial charge in [0, 0.05) is 0 Å². The maximum atomic E-state index is 4.60. The Morgan fingerprint density at radius 2 is 0.653 bits per heavy atom. The van der Waals surface area contributed by atoms with Crippen LogP contribution in [0.2, 0.25) is 0 Å². The Labute approximate surface area is 312 Å². The van der Waals surface area contributed by atoms with E-state index in [1.165, 1.54) is 256 Å². The van der Waals surface area contributed by atoms with Gasteiger partial charge in [-0.15, -0.1) is 0 Å². The maximum Gasteiger partial charge on any atom is -0.00187 e. The quantitative estimate of drug-likeness (QED) is 0.0457. The summed E-state index contributed by atoms with van der Waals surface area (Å²) in [6.45, 7) is 22.2. The molecule has 0 amide bonds. The van der Waals surface area contributed by atoms with Crippen molar-refractivity contribution in [1.29, 1.82) is 0 Å². The summed E-state index contributed by atoms with van der Waals surface area (Å²) in [5.41, 5.74) is 3.07. The Hall–Kier alpha value is -0.560. The summed E-state index contributed by atoms with van der Waals surface area (Å²) in [7, 11) is 0. The molecule has 0 aromatic rings. The van der Waals surface area contributed by atoms with Crippen LogP contribution in [-0.2, 0) is 0 Å². The van der Waals surface area contributed by atoms with Crippen molar-refractivity contribution in [1.82, 2.24) is 4.90 Å². The van der Waals surface area contributed by atoms with Gasteiger partial charge in [0.15, 0.2) is 0 Å². The highest BCUT2D eigenvalue weighted by Crippen LogP contribution is 2.27. The van der Waals surface area contributed by atoms with Crippen molar-refractivity contribution in [3.63, 3.8) is 0 Å². The van der Waals surface area contributed by atoms with Gasteiger partial charge in [-0.25, -0.2) is 0 Å². The highest BCUT2D eigenvalue weighted by Gasteiger charge is 2.11. The lowest BCUT2D eigenvalue weighted by molar-refractivity contribution is 0.256. The molecule has 0 aliphatic heterocycles. The van der Waals surface area contributed by atoms with Gasteiger partial charge in [0.05, 0.1) is 0 Å². The fraction of sp³-hybridized carbons (Fsp3) is 0.917. The predicted molar refractivity (Wildman–Crippen MR) is 227 cm³/mol. The van der Waals surface area contributed by atoms with E-state index in [0.29, 0.717) is 0 Å². The van der Waals surface area contributed by atoms with E-state index in [0.717, 1.165) is 5.92 Å². The van der Waals surface area contributed by atoms with E-state index in [4.69, 9.17) is 0 Å². The zero-order valence-electron chi connectivity index (χ0n) is 35.0. The Morgan fingerprint density at radius 1 is 0.347 bits per heavy atom. The van der Waals surface area contributed by atoms with Crippen molar-refractivity contribution in [3.8, 4) is 0 Å². The standard InChI is InChI=1S/C48H95N/c1-7-11-15-18-21-22-24-30-37-46(5)38-31-25-23-28-35-43-49(42-14-10-4)44-36-29-32-39-47(6)45-48(40-33-26-19-16-12-8-2)41-34-27-20-17-13-9-3/h48H,5-45H2,1-4H3. The molecular formula is C48H95N. The topological polar surface area (TPSA) is 3.24 Å². The Bertz CT molecular complexity index is 648. The first-order chi connectivity index (χ1) is 24.1. The normalized spacial score (nSPS) is 11.7. The van der Waals surface area contributed by atoms with Gasteiger partial charge in [0.2, 0.25) is 0 Å². The van der Waals surface area contributed by atoms with Crippen molar-refractivity contribution in [2.45, 2.75) is 259 Å². The van der Waals surface area contributed by atoms with Crippen molar-refractivity contribution in [2.24, 2.45) is 5.92 Å². The molecule has 0 N–H and O–H groups in total. The average molecular weight is 686 g/mol. The first-order valence-electron chi connectivity index (χ1n) is 23.1. The van der Waals surface area contributed by atoms with E-state index in [1.807, 2.05) is 0 Å². The number of nitrogens with zero attached hydrogens (tertiary/aromatic N) is 1. The second-order valence-electron chi connectivity index (χ2n) is 16.4. The summed E-state index contributed by atoms with van der Waals surface area (Å²) in [4.78, 5) is 2.79. The molecular weight excluding hydrogens is 591 g/mol. The van der Waals surface area contributed by atoms with Crippen LogP contribution in [0.5, 0.6) is 0 Å². The van der Waals surface area contributed by atoms with E-state index in [1.54, 1.807) is 5.57 Å². The number of hydrogen-bond donors (Lipinski definition) is 0. The second-order valence-corrected chi connectivity index (χ2v) is 16.4. The second kappa shape index (κ2) is 40.2. The largest absolute Gasteiger partial charge is 0.303 e. The van der Waals surface area contributed by atoms with Crippen molar-refractivity contribution in [2.75, 3.05) is 19.6 Å². The maximum absolute atomic E-state index is 4.60. The summed E-state index contributed by atoms with van der Waals surface area (Å²) in [5, 5.41) is 0. The molecule has 0 rings (SSSR count). The third-order valence-corrected chi connectivity index (χ3v) is 11.2. The Balaban J connectivity index is 4.10. The molecule has 0 aliphatic rings. The van der Waals surface area contributed by atoms with Crippen molar-refractivity contribution in [3.05, 3.63) is 24.3 Å². The van der Waals surface area contributed by atoms with Crippen LogP contribution < -0.4 is 0 Å². The molecule has 0 unspecified atom stereocenters. The van der Waals surface area contributed by atoms with Gasteiger partial charge in [-0.2, -0.15) is 0 Å². The number of allylic oxidation sites excluding steroid dienone is 2. The molecule has 0 aromatic heterocycles. The van der Waals surface area contributed by atoms with Gasteiger partial charge in [0.25, 0.3) is 0 Å². The summed E-state index contributed by atoms with van der Waals surface area (Å²) in [5.74, 6) is 0.896. The van der Waals surface area contributed by atoms with Crippen LogP contribution in [0.4, 0.5) is 0 Å². The predicted octanol–water partition coefficient (Wildman–Crippen LogP) is 17.1. The zero-order valence-corrected chi connectivity index (χ0v) is 35.0. The molecule has 1 heteroatoms. The van der Waals surface area contributed by atoms with Gasteiger partial charge in [-0.1, -0.05) is 219 Å². The molecule has 0 bridgehead atoms. The molecule has 0 heterocycles. The first-order valence-corrected chi connectivity index (χ1v) is 23.1. The minimum atomic E-state index is 0.896. The van der Waals surface area contributed by atoms with Crippen LogP contribution in [0.1, 0.15) is 259 Å². The lowest BCUT2D eigenvalue weighted by Gasteiger charge is -2.22. The molecule has 292 valence electrons. The monoisotopic (exact) mass is 686 g/mol. The number of hydrogen-bond acceptors (Lipinski definition) is 1. The average Bonchev–Trinajstić information content (AvgIpc) is 3.10. The van der Waals surface area contributed by atoms with E-state index in [2.05, 4.69) is 45.8 Å². The van der Waals surface area contributed by atoms with Crippen LogP contribution in [0, 0.1) is 5.92 Å². The van der Waals surface area contributed by atoms with Gasteiger partial charge >= 0.3 is 0 Å². The van der Waals surface area contributed by atoms with E-state index >= 15 is 0 Å². The highest BCUT2D eigenvalue weighted by molar-refractivity contribution is 4.96. The first kappa shape index (κ1) is 48.4. The molecule has 0 aromatic carbocycles. The van der Waals surface area contributed by atoms with E-state index in [9.17, 15) is 0 Å². The Kier molecular flexibility index (Phi) is 39.8. The van der Waals surface area contributed by atoms with Crippen LogP contribution in [0.15, 0.2) is 24.3 Å². The molecule has 0 radical (unpaired) electrons. The minimum absolute atomic E-state index is 0.896. The highest BCUT2D eigenvalue weighted by atomic mass is 15.1. The molecule has 49 heavy (non-hydrogen) atoms. The van der Waals surface area contributed by atoms with Gasteiger partial charge in [0.1, 0.15) is 0 Å². The fourth-order valence-corrected chi connectivity index (χ4v) is 7.76. The summed E-state index contributed by atoms with van der Waals surface area (Å²) in [6, 6.07) is 0. The van der Waals surface area contributed by atoms with Crippen LogP contribution in [0.3, 0.4) is 0 Å². The molecule has 0 saturated carbocycles. The summed E-state index contributed by atoms with van der Waals surface area (Å²) < 4.78 is 0. The van der Waals surface area contributed by atoms with Crippen LogP contribution >= 0.6 is 0 Å². The van der Waals surface area contributed by atoms with Gasteiger partial charge in [-0.05, 0) is 89.8 Å². The molecule has 1 nitrogen and oxygen atoms in total. The zero-order chi connectivity index (χ0) is 35.9. The summed E-state index contributed by atoms with van der Waals surface area (Å²) >= 11 is 0. The molecule has 0 atom stereocenters. The number of unbranched alkanes of at least 4 members (excludes halogenated alkanes) is 24. The summed E-state index contributed by atoms with van der Waals surface area (Å²) in [6.07, 6.45) is 50.2. The minimum Gasteiger partial charge on any atom is -0.303 e. The van der Waals surface area contributed by atoms with Crippen molar-refractivity contribution < 1.29 is 0 Å².